The first-order chi connectivity index (χ1) is 17.3. The van der Waals surface area contributed by atoms with Gasteiger partial charge in [-0.15, -0.1) is 10.2 Å². The SMILES string of the molecule is Cn1c(SCCCN2CC[C@]3(C[C@@H]3c3ccc(C(F)(F)F)cc3)C2)nnc1-c1ccc(CC#N)cc1. The lowest BCUT2D eigenvalue weighted by Gasteiger charge is -2.16. The van der Waals surface area contributed by atoms with E-state index >= 15 is 0 Å². The van der Waals surface area contributed by atoms with Gasteiger partial charge in [-0.05, 0) is 66.9 Å². The number of hydrogen-bond acceptors (Lipinski definition) is 5. The predicted molar refractivity (Wildman–Crippen MR) is 133 cm³/mol. The molecular formula is C27H28F3N5S. The van der Waals surface area contributed by atoms with Gasteiger partial charge in [-0.1, -0.05) is 48.2 Å². The van der Waals surface area contributed by atoms with Crippen LogP contribution < -0.4 is 0 Å². The molecular weight excluding hydrogens is 483 g/mol. The molecule has 5 rings (SSSR count). The number of aromatic nitrogens is 3. The molecule has 1 aliphatic carbocycles. The Morgan fingerprint density at radius 1 is 1.11 bits per heavy atom. The Kier molecular flexibility index (Phi) is 6.84. The zero-order valence-electron chi connectivity index (χ0n) is 20.1. The predicted octanol–water partition coefficient (Wildman–Crippen LogP) is 5.93. The molecule has 1 saturated carbocycles. The van der Waals surface area contributed by atoms with E-state index in [9.17, 15) is 13.2 Å². The highest BCUT2D eigenvalue weighted by molar-refractivity contribution is 7.99. The third kappa shape index (κ3) is 5.16. The Bertz CT molecular complexity index is 1250. The van der Waals surface area contributed by atoms with Crippen LogP contribution in [0.15, 0.2) is 53.7 Å². The Balaban J connectivity index is 1.08. The summed E-state index contributed by atoms with van der Waals surface area (Å²) >= 11 is 1.70. The largest absolute Gasteiger partial charge is 0.416 e. The van der Waals surface area contributed by atoms with Crippen LogP contribution in [0.1, 0.15) is 41.9 Å². The van der Waals surface area contributed by atoms with Gasteiger partial charge in [-0.25, -0.2) is 0 Å². The van der Waals surface area contributed by atoms with E-state index < -0.39 is 11.7 Å². The van der Waals surface area contributed by atoms with Crippen molar-refractivity contribution in [2.75, 3.05) is 25.4 Å². The van der Waals surface area contributed by atoms with Crippen molar-refractivity contribution in [1.82, 2.24) is 19.7 Å². The van der Waals surface area contributed by atoms with Crippen molar-refractivity contribution in [1.29, 1.82) is 5.26 Å². The van der Waals surface area contributed by atoms with Crippen molar-refractivity contribution < 1.29 is 13.2 Å². The number of hydrogen-bond donors (Lipinski definition) is 0. The van der Waals surface area contributed by atoms with Crippen molar-refractivity contribution in [3.05, 3.63) is 65.2 Å². The molecule has 9 heteroatoms. The van der Waals surface area contributed by atoms with E-state index in [4.69, 9.17) is 5.26 Å². The Morgan fingerprint density at radius 2 is 1.86 bits per heavy atom. The smallest absolute Gasteiger partial charge is 0.305 e. The molecule has 188 valence electrons. The Labute approximate surface area is 213 Å². The molecule has 0 unspecified atom stereocenters. The maximum Gasteiger partial charge on any atom is 0.416 e. The quantitative estimate of drug-likeness (QED) is 0.277. The van der Waals surface area contributed by atoms with Crippen LogP contribution in [0.2, 0.25) is 0 Å². The lowest BCUT2D eigenvalue weighted by atomic mass is 9.97. The topological polar surface area (TPSA) is 57.7 Å². The fraction of sp³-hybridized carbons (Fsp3) is 0.444. The van der Waals surface area contributed by atoms with Crippen molar-refractivity contribution >= 4 is 11.8 Å². The Hall–Kier alpha value is -2.83. The third-order valence-corrected chi connectivity index (χ3v) is 8.58. The third-order valence-electron chi connectivity index (χ3n) is 7.47. The average molecular weight is 512 g/mol. The van der Waals surface area contributed by atoms with Gasteiger partial charge in [0.1, 0.15) is 0 Å². The molecule has 1 saturated heterocycles. The first kappa shape index (κ1) is 24.8. The molecule has 2 fully saturated rings. The second kappa shape index (κ2) is 9.91. The molecule has 0 bridgehead atoms. The van der Waals surface area contributed by atoms with Crippen LogP contribution in [-0.4, -0.2) is 45.1 Å². The minimum absolute atomic E-state index is 0.244. The molecule has 2 aromatic carbocycles. The van der Waals surface area contributed by atoms with E-state index in [1.165, 1.54) is 12.1 Å². The van der Waals surface area contributed by atoms with Gasteiger partial charge >= 0.3 is 6.18 Å². The molecule has 2 atom stereocenters. The molecule has 5 nitrogen and oxygen atoms in total. The fourth-order valence-electron chi connectivity index (χ4n) is 5.36. The summed E-state index contributed by atoms with van der Waals surface area (Å²) in [6.45, 7) is 3.09. The van der Waals surface area contributed by atoms with Crippen LogP contribution in [-0.2, 0) is 19.6 Å². The number of thioether (sulfide) groups is 1. The van der Waals surface area contributed by atoms with Gasteiger partial charge in [0.15, 0.2) is 11.0 Å². The van der Waals surface area contributed by atoms with Gasteiger partial charge in [0.2, 0.25) is 0 Å². The lowest BCUT2D eigenvalue weighted by molar-refractivity contribution is -0.137. The van der Waals surface area contributed by atoms with E-state index in [0.29, 0.717) is 12.3 Å². The Morgan fingerprint density at radius 3 is 2.56 bits per heavy atom. The standard InChI is InChI=1S/C27H28F3N5S/c1-34-24(21-5-3-19(4-6-21)11-13-31)32-33-25(34)36-16-2-14-35-15-12-26(18-35)17-23(26)20-7-9-22(10-8-20)27(28,29)30/h3-10,23H,2,11-12,14-18H2,1H3/t23-,26+/m1/s1. The highest BCUT2D eigenvalue weighted by Gasteiger charge is 2.57. The van der Waals surface area contributed by atoms with Crippen molar-refractivity contribution in [2.45, 2.75) is 42.9 Å². The zero-order valence-corrected chi connectivity index (χ0v) is 20.9. The summed E-state index contributed by atoms with van der Waals surface area (Å²) in [6, 6.07) is 15.8. The summed E-state index contributed by atoms with van der Waals surface area (Å²) in [5.41, 5.74) is 2.67. The van der Waals surface area contributed by atoms with E-state index in [1.807, 2.05) is 35.9 Å². The van der Waals surface area contributed by atoms with Gasteiger partial charge < -0.3 is 9.47 Å². The van der Waals surface area contributed by atoms with E-state index in [0.717, 1.165) is 72.3 Å². The monoisotopic (exact) mass is 511 g/mol. The average Bonchev–Trinajstić information content (AvgIpc) is 3.21. The highest BCUT2D eigenvalue weighted by Crippen LogP contribution is 2.64. The number of benzene rings is 2. The van der Waals surface area contributed by atoms with E-state index in [2.05, 4.69) is 21.2 Å². The molecule has 3 aromatic rings. The highest BCUT2D eigenvalue weighted by atomic mass is 32.2. The van der Waals surface area contributed by atoms with Crippen LogP contribution in [0.25, 0.3) is 11.4 Å². The number of halogens is 3. The molecule has 2 heterocycles. The minimum Gasteiger partial charge on any atom is -0.305 e. The summed E-state index contributed by atoms with van der Waals surface area (Å²) in [5.74, 6) is 2.13. The van der Waals surface area contributed by atoms with Crippen LogP contribution >= 0.6 is 11.8 Å². The molecule has 0 N–H and O–H groups in total. The lowest BCUT2D eigenvalue weighted by Crippen LogP contribution is -2.23. The molecule has 0 amide bonds. The van der Waals surface area contributed by atoms with Crippen molar-refractivity contribution in [3.8, 4) is 17.5 Å². The van der Waals surface area contributed by atoms with Gasteiger partial charge in [0, 0.05) is 24.9 Å². The molecule has 1 aromatic heterocycles. The number of nitriles is 1. The van der Waals surface area contributed by atoms with Crippen LogP contribution in [0.4, 0.5) is 13.2 Å². The first-order valence-electron chi connectivity index (χ1n) is 12.2. The normalized spacial score (nSPS) is 21.7. The second-order valence-corrected chi connectivity index (χ2v) is 10.9. The number of alkyl halides is 3. The number of rotatable bonds is 8. The van der Waals surface area contributed by atoms with Crippen LogP contribution in [0, 0.1) is 16.7 Å². The first-order valence-corrected chi connectivity index (χ1v) is 13.2. The van der Waals surface area contributed by atoms with E-state index in [-0.39, 0.29) is 5.41 Å². The van der Waals surface area contributed by atoms with Crippen LogP contribution in [0.5, 0.6) is 0 Å². The van der Waals surface area contributed by atoms with Gasteiger partial charge in [-0.3, -0.25) is 0 Å². The molecule has 2 aliphatic rings. The zero-order chi connectivity index (χ0) is 25.3. The van der Waals surface area contributed by atoms with E-state index in [1.54, 1.807) is 23.9 Å². The summed E-state index contributed by atoms with van der Waals surface area (Å²) in [4.78, 5) is 2.50. The molecule has 1 spiro atoms. The van der Waals surface area contributed by atoms with Gasteiger partial charge in [0.05, 0.1) is 18.1 Å². The molecule has 1 aliphatic heterocycles. The summed E-state index contributed by atoms with van der Waals surface area (Å²) in [7, 11) is 1.97. The van der Waals surface area contributed by atoms with Crippen LogP contribution in [0.3, 0.4) is 0 Å². The molecule has 36 heavy (non-hydrogen) atoms. The summed E-state index contributed by atoms with van der Waals surface area (Å²) in [5, 5.41) is 18.4. The van der Waals surface area contributed by atoms with Gasteiger partial charge in [-0.2, -0.15) is 18.4 Å². The minimum atomic E-state index is -4.28. The summed E-state index contributed by atoms with van der Waals surface area (Å²) in [6.07, 6.45) is -0.655. The number of likely N-dealkylation sites (tertiary alicyclic amines) is 1. The fourth-order valence-corrected chi connectivity index (χ4v) is 6.19. The maximum absolute atomic E-state index is 12.9. The van der Waals surface area contributed by atoms with Crippen molar-refractivity contribution in [3.63, 3.8) is 0 Å². The molecule has 0 radical (unpaired) electrons. The summed E-state index contributed by atoms with van der Waals surface area (Å²) < 4.78 is 40.6. The second-order valence-electron chi connectivity index (χ2n) is 9.86. The van der Waals surface area contributed by atoms with Crippen molar-refractivity contribution in [2.24, 2.45) is 12.5 Å². The number of nitrogens with zero attached hydrogens (tertiary/aromatic N) is 5. The maximum atomic E-state index is 12.9. The van der Waals surface area contributed by atoms with Gasteiger partial charge in [0.25, 0.3) is 0 Å².